The highest BCUT2D eigenvalue weighted by atomic mass is 32.2. The van der Waals surface area contributed by atoms with E-state index in [2.05, 4.69) is 5.32 Å². The minimum atomic E-state index is -4.27. The Kier molecular flexibility index (Phi) is 7.85. The summed E-state index contributed by atoms with van der Waals surface area (Å²) in [4.78, 5) is 46.4. The van der Waals surface area contributed by atoms with Crippen LogP contribution in [0.1, 0.15) is 10.4 Å². The molecule has 2 amide bonds. The zero-order chi connectivity index (χ0) is 24.1. The van der Waals surface area contributed by atoms with Gasteiger partial charge >= 0.3 is 5.97 Å². The monoisotopic (exact) mass is 485 g/mol. The zero-order valence-electron chi connectivity index (χ0n) is 16.9. The summed E-state index contributed by atoms with van der Waals surface area (Å²) in [6.07, 6.45) is 0. The SMILES string of the molecule is CN(C)c1ccc(S(=O)(=O)NCC(=O)OCC(=O)Nc2sccc2C(N)=O)cc1[N+](=O)[O-]. The molecule has 32 heavy (non-hydrogen) atoms. The van der Waals surface area contributed by atoms with Gasteiger partial charge in [-0.05, 0) is 23.6 Å². The molecule has 1 aromatic carbocycles. The average molecular weight is 486 g/mol. The van der Waals surface area contributed by atoms with E-state index in [1.165, 1.54) is 22.4 Å². The van der Waals surface area contributed by atoms with Gasteiger partial charge in [-0.1, -0.05) is 0 Å². The first-order chi connectivity index (χ1) is 14.9. The zero-order valence-corrected chi connectivity index (χ0v) is 18.5. The Morgan fingerprint density at radius 1 is 1.25 bits per heavy atom. The smallest absolute Gasteiger partial charge is 0.321 e. The fraction of sp³-hybridized carbons (Fsp3) is 0.235. The largest absolute Gasteiger partial charge is 0.455 e. The highest BCUT2D eigenvalue weighted by Crippen LogP contribution is 2.29. The molecular weight excluding hydrogens is 466 g/mol. The number of nitrogens with zero attached hydrogens (tertiary/aromatic N) is 2. The van der Waals surface area contributed by atoms with Crippen LogP contribution in [0.5, 0.6) is 0 Å². The van der Waals surface area contributed by atoms with Gasteiger partial charge in [0.2, 0.25) is 10.0 Å². The normalized spacial score (nSPS) is 10.9. The molecule has 2 aromatic rings. The number of thiophene rings is 1. The maximum atomic E-state index is 12.4. The van der Waals surface area contributed by atoms with Gasteiger partial charge in [0.15, 0.2) is 6.61 Å². The Morgan fingerprint density at radius 3 is 2.53 bits per heavy atom. The molecule has 13 nitrogen and oxygen atoms in total. The fourth-order valence-electron chi connectivity index (χ4n) is 2.39. The number of sulfonamides is 1. The van der Waals surface area contributed by atoms with Crippen LogP contribution in [0, 0.1) is 10.1 Å². The van der Waals surface area contributed by atoms with E-state index in [0.717, 1.165) is 23.5 Å². The number of nitrogens with two attached hydrogens (primary N) is 1. The maximum Gasteiger partial charge on any atom is 0.321 e. The number of hydrogen-bond donors (Lipinski definition) is 3. The molecule has 0 saturated heterocycles. The molecule has 0 aliphatic carbocycles. The van der Waals surface area contributed by atoms with Crippen LogP contribution in [-0.2, 0) is 24.3 Å². The summed E-state index contributed by atoms with van der Waals surface area (Å²) in [7, 11) is -1.15. The Morgan fingerprint density at radius 2 is 1.94 bits per heavy atom. The van der Waals surface area contributed by atoms with Gasteiger partial charge in [0.05, 0.1) is 15.4 Å². The molecule has 0 spiro atoms. The van der Waals surface area contributed by atoms with Crippen molar-refractivity contribution in [1.29, 1.82) is 0 Å². The van der Waals surface area contributed by atoms with E-state index in [0.29, 0.717) is 0 Å². The molecule has 0 unspecified atom stereocenters. The average Bonchev–Trinajstić information content (AvgIpc) is 3.18. The lowest BCUT2D eigenvalue weighted by Crippen LogP contribution is -2.32. The van der Waals surface area contributed by atoms with Crippen LogP contribution in [0.25, 0.3) is 0 Å². The van der Waals surface area contributed by atoms with Gasteiger partial charge in [0.25, 0.3) is 17.5 Å². The standard InChI is InChI=1S/C17H19N5O8S2/c1-21(2)12-4-3-10(7-13(12)22(26)27)32(28,29)19-8-15(24)30-9-14(23)20-17-11(16(18)25)5-6-31-17/h3-7,19H,8-9H2,1-2H3,(H2,18,25)(H,20,23). The molecule has 0 aliphatic heterocycles. The molecule has 1 heterocycles. The Hall–Kier alpha value is -3.56. The number of nitro benzene ring substituents is 1. The number of rotatable bonds is 10. The number of nitro groups is 1. The van der Waals surface area contributed by atoms with Crippen molar-refractivity contribution in [2.24, 2.45) is 5.73 Å². The van der Waals surface area contributed by atoms with Crippen LogP contribution in [-0.4, -0.2) is 58.4 Å². The van der Waals surface area contributed by atoms with Gasteiger partial charge in [-0.25, -0.2) is 8.42 Å². The molecule has 0 aliphatic rings. The van der Waals surface area contributed by atoms with Crippen molar-refractivity contribution < 1.29 is 32.5 Å². The first kappa shape index (κ1) is 24.7. The number of carbonyl (C=O) groups excluding carboxylic acids is 3. The summed E-state index contributed by atoms with van der Waals surface area (Å²) in [6, 6.07) is 4.70. The van der Waals surface area contributed by atoms with Gasteiger partial charge in [0, 0.05) is 20.2 Å². The van der Waals surface area contributed by atoms with Crippen LogP contribution in [0.3, 0.4) is 0 Å². The Bertz CT molecular complexity index is 1160. The van der Waals surface area contributed by atoms with Crippen molar-refractivity contribution in [2.45, 2.75) is 4.90 Å². The van der Waals surface area contributed by atoms with Gasteiger partial charge in [-0.15, -0.1) is 11.3 Å². The van der Waals surface area contributed by atoms with Crippen molar-refractivity contribution in [3.8, 4) is 0 Å². The quantitative estimate of drug-likeness (QED) is 0.241. The third-order valence-corrected chi connectivity index (χ3v) is 6.12. The number of esters is 1. The van der Waals surface area contributed by atoms with E-state index in [9.17, 15) is 32.9 Å². The lowest BCUT2D eigenvalue weighted by atomic mass is 10.2. The molecule has 0 atom stereocenters. The minimum Gasteiger partial charge on any atom is -0.455 e. The lowest BCUT2D eigenvalue weighted by Gasteiger charge is -2.13. The number of nitrogens with one attached hydrogen (secondary N) is 2. The third-order valence-electron chi connectivity index (χ3n) is 3.89. The number of carbonyl (C=O) groups is 3. The summed E-state index contributed by atoms with van der Waals surface area (Å²) in [5, 5.41) is 15.3. The second-order valence-electron chi connectivity index (χ2n) is 6.36. The fourth-order valence-corrected chi connectivity index (χ4v) is 4.19. The summed E-state index contributed by atoms with van der Waals surface area (Å²) in [5.41, 5.74) is 5.02. The Balaban J connectivity index is 1.95. The van der Waals surface area contributed by atoms with E-state index >= 15 is 0 Å². The van der Waals surface area contributed by atoms with Crippen LogP contribution in [0.4, 0.5) is 16.4 Å². The summed E-state index contributed by atoms with van der Waals surface area (Å²) >= 11 is 1.04. The third kappa shape index (κ3) is 6.22. The van der Waals surface area contributed by atoms with Crippen LogP contribution >= 0.6 is 11.3 Å². The molecule has 15 heteroatoms. The predicted octanol–water partition coefficient (Wildman–Crippen LogP) is 0.281. The maximum absolute atomic E-state index is 12.4. The molecule has 4 N–H and O–H groups in total. The minimum absolute atomic E-state index is 0.0943. The van der Waals surface area contributed by atoms with Crippen molar-refractivity contribution in [2.75, 3.05) is 37.5 Å². The number of anilines is 2. The van der Waals surface area contributed by atoms with Gasteiger partial charge in [0.1, 0.15) is 17.2 Å². The summed E-state index contributed by atoms with van der Waals surface area (Å²) < 4.78 is 31.4. The number of ether oxygens (including phenoxy) is 1. The van der Waals surface area contributed by atoms with Gasteiger partial charge in [-0.2, -0.15) is 4.72 Å². The van der Waals surface area contributed by atoms with Gasteiger partial charge < -0.3 is 20.7 Å². The van der Waals surface area contributed by atoms with Crippen LogP contribution < -0.4 is 20.7 Å². The first-order valence-electron chi connectivity index (χ1n) is 8.70. The summed E-state index contributed by atoms with van der Waals surface area (Å²) in [5.74, 6) is -2.57. The lowest BCUT2D eigenvalue weighted by molar-refractivity contribution is -0.384. The number of hydrogen-bond acceptors (Lipinski definition) is 10. The van der Waals surface area contributed by atoms with E-state index in [4.69, 9.17) is 10.5 Å². The molecule has 172 valence electrons. The highest BCUT2D eigenvalue weighted by Gasteiger charge is 2.23. The number of primary amides is 1. The van der Waals surface area contributed by atoms with Gasteiger partial charge in [-0.3, -0.25) is 24.5 Å². The number of benzene rings is 1. The highest BCUT2D eigenvalue weighted by molar-refractivity contribution is 7.89. The van der Waals surface area contributed by atoms with Crippen LogP contribution in [0.15, 0.2) is 34.5 Å². The molecule has 2 rings (SSSR count). The molecule has 0 fully saturated rings. The second kappa shape index (κ2) is 10.2. The molecule has 1 aromatic heterocycles. The van der Waals surface area contributed by atoms with E-state index in [-0.39, 0.29) is 16.3 Å². The Labute approximate surface area is 186 Å². The second-order valence-corrected chi connectivity index (χ2v) is 9.05. The van der Waals surface area contributed by atoms with Crippen molar-refractivity contribution in [1.82, 2.24) is 4.72 Å². The predicted molar refractivity (Wildman–Crippen MR) is 115 cm³/mol. The van der Waals surface area contributed by atoms with Crippen LogP contribution in [0.2, 0.25) is 0 Å². The molecule has 0 radical (unpaired) electrons. The van der Waals surface area contributed by atoms with Crippen molar-refractivity contribution >= 4 is 55.5 Å². The molecule has 0 bridgehead atoms. The van der Waals surface area contributed by atoms with E-state index in [1.54, 1.807) is 14.1 Å². The van der Waals surface area contributed by atoms with E-state index < -0.39 is 56.5 Å². The summed E-state index contributed by atoms with van der Waals surface area (Å²) in [6.45, 7) is -1.55. The molecule has 0 saturated carbocycles. The molecular formula is C17H19N5O8S2. The first-order valence-corrected chi connectivity index (χ1v) is 11.1. The number of amides is 2. The van der Waals surface area contributed by atoms with E-state index in [1.807, 2.05) is 4.72 Å². The van der Waals surface area contributed by atoms with Crippen molar-refractivity contribution in [3.05, 3.63) is 45.3 Å². The van der Waals surface area contributed by atoms with Crippen molar-refractivity contribution in [3.63, 3.8) is 0 Å². The topological polar surface area (TPSA) is 191 Å².